The van der Waals surface area contributed by atoms with Crippen LogP contribution in [0.3, 0.4) is 0 Å². The van der Waals surface area contributed by atoms with Crippen molar-refractivity contribution in [3.05, 3.63) is 34.3 Å². The van der Waals surface area contributed by atoms with Gasteiger partial charge in [0.05, 0.1) is 10.8 Å². The molecule has 1 aromatic carbocycles. The van der Waals surface area contributed by atoms with E-state index >= 15 is 0 Å². The summed E-state index contributed by atoms with van der Waals surface area (Å²) in [6.45, 7) is 3.46. The maximum absolute atomic E-state index is 11.1. The highest BCUT2D eigenvalue weighted by Crippen LogP contribution is 2.30. The molecule has 1 radical (unpaired) electrons. The molecule has 0 bridgehead atoms. The van der Waals surface area contributed by atoms with Crippen molar-refractivity contribution in [1.29, 1.82) is 0 Å². The Labute approximate surface area is 83.5 Å². The number of nitrogens with one attached hydrogen (secondary N) is 1. The van der Waals surface area contributed by atoms with Crippen molar-refractivity contribution in [2.75, 3.05) is 0 Å². The van der Waals surface area contributed by atoms with Crippen molar-refractivity contribution in [2.45, 2.75) is 6.10 Å². The van der Waals surface area contributed by atoms with Crippen molar-refractivity contribution in [1.82, 2.24) is 4.98 Å². The van der Waals surface area contributed by atoms with Crippen LogP contribution in [0.5, 0.6) is 5.75 Å². The van der Waals surface area contributed by atoms with Crippen LogP contribution in [0.1, 0.15) is 11.7 Å². The second-order valence-electron chi connectivity index (χ2n) is 2.91. The van der Waals surface area contributed by atoms with E-state index in [1.165, 1.54) is 6.07 Å². The summed E-state index contributed by atoms with van der Waals surface area (Å²) >= 11 is 0.950. The molecule has 0 saturated carbocycles. The summed E-state index contributed by atoms with van der Waals surface area (Å²) < 4.78 is 0.553. The topological polar surface area (TPSA) is 73.3 Å². The molecule has 0 saturated heterocycles. The number of phenolic OH excluding ortho intramolecular Hbond substituents is 1. The number of aromatic nitrogens is 1. The first-order valence-electron chi connectivity index (χ1n) is 3.95. The molecule has 0 aliphatic heterocycles. The van der Waals surface area contributed by atoms with Gasteiger partial charge in [0.15, 0.2) is 0 Å². The monoisotopic (exact) mass is 210 g/mol. The third-order valence-corrected chi connectivity index (χ3v) is 2.88. The van der Waals surface area contributed by atoms with Crippen LogP contribution in [-0.4, -0.2) is 15.2 Å². The Morgan fingerprint density at radius 3 is 2.86 bits per heavy atom. The van der Waals surface area contributed by atoms with Gasteiger partial charge in [-0.15, -0.1) is 0 Å². The summed E-state index contributed by atoms with van der Waals surface area (Å²) in [6.07, 6.45) is -0.899. The van der Waals surface area contributed by atoms with Gasteiger partial charge >= 0.3 is 4.87 Å². The smallest absolute Gasteiger partial charge is 0.305 e. The van der Waals surface area contributed by atoms with Gasteiger partial charge in [-0.25, -0.2) is 0 Å². The van der Waals surface area contributed by atoms with Crippen molar-refractivity contribution >= 4 is 21.6 Å². The largest absolute Gasteiger partial charge is 0.506 e. The van der Waals surface area contributed by atoms with Gasteiger partial charge in [0.1, 0.15) is 11.3 Å². The molecular formula is C9H8NO3S. The fourth-order valence-electron chi connectivity index (χ4n) is 1.30. The Kier molecular flexibility index (Phi) is 2.05. The van der Waals surface area contributed by atoms with Crippen LogP contribution < -0.4 is 4.87 Å². The number of benzene rings is 1. The van der Waals surface area contributed by atoms with Crippen molar-refractivity contribution < 1.29 is 10.2 Å². The molecule has 5 heteroatoms. The minimum absolute atomic E-state index is 0.00255. The molecule has 0 aliphatic carbocycles. The molecule has 2 aromatic rings. The van der Waals surface area contributed by atoms with E-state index in [2.05, 4.69) is 11.9 Å². The quantitative estimate of drug-likeness (QED) is 0.661. The lowest BCUT2D eigenvalue weighted by Crippen LogP contribution is -1.91. The number of hydrogen-bond donors (Lipinski definition) is 3. The second kappa shape index (κ2) is 3.11. The van der Waals surface area contributed by atoms with Crippen LogP contribution >= 0.6 is 11.3 Å². The fraction of sp³-hybridized carbons (Fsp3) is 0.111. The third kappa shape index (κ3) is 1.30. The molecule has 0 amide bonds. The molecule has 0 unspecified atom stereocenters. The van der Waals surface area contributed by atoms with E-state index in [4.69, 9.17) is 0 Å². The highest BCUT2D eigenvalue weighted by Gasteiger charge is 2.12. The first-order valence-corrected chi connectivity index (χ1v) is 4.77. The zero-order chi connectivity index (χ0) is 10.3. The van der Waals surface area contributed by atoms with Gasteiger partial charge in [-0.05, 0) is 13.0 Å². The first-order chi connectivity index (χ1) is 6.59. The average Bonchev–Trinajstić information content (AvgIpc) is 2.47. The number of H-pyrrole nitrogens is 1. The molecule has 14 heavy (non-hydrogen) atoms. The van der Waals surface area contributed by atoms with Gasteiger partial charge in [-0.3, -0.25) is 4.79 Å². The van der Waals surface area contributed by atoms with Gasteiger partial charge < -0.3 is 15.2 Å². The molecule has 2 rings (SSSR count). The van der Waals surface area contributed by atoms with E-state index in [1.54, 1.807) is 6.07 Å². The van der Waals surface area contributed by atoms with Crippen LogP contribution in [0.25, 0.3) is 10.2 Å². The zero-order valence-electron chi connectivity index (χ0n) is 7.15. The number of aliphatic hydroxyl groups excluding tert-OH is 1. The predicted octanol–water partition coefficient (Wildman–Crippen LogP) is 1.16. The van der Waals surface area contributed by atoms with Crippen LogP contribution in [0.2, 0.25) is 0 Å². The first kappa shape index (κ1) is 9.23. The van der Waals surface area contributed by atoms with Gasteiger partial charge in [0, 0.05) is 5.56 Å². The minimum Gasteiger partial charge on any atom is -0.506 e. The Morgan fingerprint density at radius 1 is 1.50 bits per heavy atom. The summed E-state index contributed by atoms with van der Waals surface area (Å²) in [7, 11) is 0. The normalized spacial score (nSPS) is 13.3. The van der Waals surface area contributed by atoms with E-state index in [-0.39, 0.29) is 10.6 Å². The van der Waals surface area contributed by atoms with E-state index in [9.17, 15) is 15.0 Å². The molecule has 73 valence electrons. The molecule has 0 fully saturated rings. The van der Waals surface area contributed by atoms with Crippen molar-refractivity contribution in [2.24, 2.45) is 0 Å². The summed E-state index contributed by atoms with van der Waals surface area (Å²) in [5, 5.41) is 18.7. The van der Waals surface area contributed by atoms with Gasteiger partial charge in [0.2, 0.25) is 0 Å². The standard InChI is InChI=1S/C9H8NO3S/c1-4(11)5-2-3-6(12)7-8(5)14-9(13)10-7/h2-4,11-12H,1H2,(H,10,13)/t4-/m1/s1. The molecule has 0 aliphatic rings. The van der Waals surface area contributed by atoms with Gasteiger partial charge in [-0.1, -0.05) is 17.4 Å². The van der Waals surface area contributed by atoms with Crippen LogP contribution in [0, 0.1) is 6.92 Å². The lowest BCUT2D eigenvalue weighted by Gasteiger charge is -2.05. The number of phenols is 1. The van der Waals surface area contributed by atoms with Crippen LogP contribution in [0.15, 0.2) is 16.9 Å². The molecule has 1 atom stereocenters. The zero-order valence-corrected chi connectivity index (χ0v) is 7.97. The highest BCUT2D eigenvalue weighted by molar-refractivity contribution is 7.16. The summed E-state index contributed by atoms with van der Waals surface area (Å²) in [5.74, 6) is 0.00255. The molecule has 3 N–H and O–H groups in total. The highest BCUT2D eigenvalue weighted by atomic mass is 32.1. The Bertz CT molecular complexity index is 526. The minimum atomic E-state index is -0.899. The number of rotatable bonds is 1. The second-order valence-corrected chi connectivity index (χ2v) is 3.89. The van der Waals surface area contributed by atoms with Crippen LogP contribution in [0.4, 0.5) is 0 Å². The lowest BCUT2D eigenvalue weighted by atomic mass is 10.1. The molecule has 1 heterocycles. The number of hydrogen-bond acceptors (Lipinski definition) is 4. The number of thiazole rings is 1. The fourth-order valence-corrected chi connectivity index (χ4v) is 2.22. The maximum atomic E-state index is 11.1. The Hall–Kier alpha value is -1.33. The number of aromatic amines is 1. The summed E-state index contributed by atoms with van der Waals surface area (Å²) in [5.41, 5.74) is 0.904. The third-order valence-electron chi connectivity index (χ3n) is 1.95. The van der Waals surface area contributed by atoms with Gasteiger partial charge in [0.25, 0.3) is 0 Å². The summed E-state index contributed by atoms with van der Waals surface area (Å²) in [6, 6.07) is 2.98. The Morgan fingerprint density at radius 2 is 2.21 bits per heavy atom. The number of fused-ring (bicyclic) bond motifs is 1. The van der Waals surface area contributed by atoms with E-state index in [1.807, 2.05) is 0 Å². The predicted molar refractivity (Wildman–Crippen MR) is 54.4 cm³/mol. The number of aliphatic hydroxyl groups is 1. The molecule has 1 aromatic heterocycles. The summed E-state index contributed by atoms with van der Waals surface area (Å²) in [4.78, 5) is 13.3. The maximum Gasteiger partial charge on any atom is 0.305 e. The SMILES string of the molecule is [CH2][C@@H](O)c1ccc(O)c2[nH]c(=O)sc12. The van der Waals surface area contributed by atoms with E-state index < -0.39 is 6.10 Å². The molecular weight excluding hydrogens is 202 g/mol. The van der Waals surface area contributed by atoms with Crippen molar-refractivity contribution in [3.8, 4) is 5.75 Å². The van der Waals surface area contributed by atoms with Crippen LogP contribution in [-0.2, 0) is 0 Å². The van der Waals surface area contributed by atoms with E-state index in [0.29, 0.717) is 15.8 Å². The Balaban J connectivity index is 2.87. The average molecular weight is 210 g/mol. The van der Waals surface area contributed by atoms with E-state index in [0.717, 1.165) is 11.3 Å². The van der Waals surface area contributed by atoms with Crippen molar-refractivity contribution in [3.63, 3.8) is 0 Å². The molecule has 4 nitrogen and oxygen atoms in total. The van der Waals surface area contributed by atoms with Gasteiger partial charge in [-0.2, -0.15) is 0 Å². The number of aromatic hydroxyl groups is 1. The molecule has 0 spiro atoms. The lowest BCUT2D eigenvalue weighted by molar-refractivity contribution is 0.228.